The van der Waals surface area contributed by atoms with Crippen LogP contribution in [-0.4, -0.2) is 37.2 Å². The number of esters is 3. The van der Waals surface area contributed by atoms with Crippen molar-refractivity contribution in [3.8, 4) is 0 Å². The van der Waals surface area contributed by atoms with Gasteiger partial charge in [0.05, 0.1) is 0 Å². The van der Waals surface area contributed by atoms with Crippen molar-refractivity contribution < 1.29 is 28.6 Å². The first kappa shape index (κ1) is 57.3. The summed E-state index contributed by atoms with van der Waals surface area (Å²) in [5, 5.41) is 0. The van der Waals surface area contributed by atoms with Crippen LogP contribution in [0.3, 0.4) is 0 Å². The fourth-order valence-electron chi connectivity index (χ4n) is 6.49. The lowest BCUT2D eigenvalue weighted by atomic mass is 10.1. The molecule has 0 saturated heterocycles. The van der Waals surface area contributed by atoms with Gasteiger partial charge in [0.15, 0.2) is 6.10 Å². The van der Waals surface area contributed by atoms with Gasteiger partial charge in [0.1, 0.15) is 13.2 Å². The van der Waals surface area contributed by atoms with E-state index < -0.39 is 6.10 Å². The molecule has 0 aliphatic carbocycles. The second kappa shape index (κ2) is 49.0. The van der Waals surface area contributed by atoms with E-state index in [1.807, 2.05) is 0 Å². The molecule has 61 heavy (non-hydrogen) atoms. The lowest BCUT2D eigenvalue weighted by molar-refractivity contribution is -0.167. The van der Waals surface area contributed by atoms with E-state index >= 15 is 0 Å². The molecule has 6 nitrogen and oxygen atoms in total. The van der Waals surface area contributed by atoms with Gasteiger partial charge in [-0.3, -0.25) is 14.4 Å². The second-order valence-corrected chi connectivity index (χ2v) is 16.1. The summed E-state index contributed by atoms with van der Waals surface area (Å²) in [5.41, 5.74) is 0. The molecule has 0 radical (unpaired) electrons. The Bertz CT molecular complexity index is 1250. The van der Waals surface area contributed by atoms with Gasteiger partial charge in [0.25, 0.3) is 0 Å². The van der Waals surface area contributed by atoms with Gasteiger partial charge in [-0.2, -0.15) is 0 Å². The molecule has 0 spiro atoms. The molecule has 0 aromatic heterocycles. The molecule has 346 valence electrons. The molecule has 0 heterocycles. The van der Waals surface area contributed by atoms with Gasteiger partial charge in [-0.05, 0) is 83.5 Å². The molecular formula is C55H90O6. The molecule has 0 saturated carbocycles. The van der Waals surface area contributed by atoms with E-state index in [2.05, 4.69) is 118 Å². The van der Waals surface area contributed by atoms with Crippen molar-refractivity contribution in [3.05, 3.63) is 97.2 Å². The van der Waals surface area contributed by atoms with Crippen LogP contribution in [-0.2, 0) is 28.6 Å². The van der Waals surface area contributed by atoms with E-state index in [0.29, 0.717) is 19.3 Å². The zero-order valence-electron chi connectivity index (χ0n) is 39.4. The summed E-state index contributed by atoms with van der Waals surface area (Å²) in [7, 11) is 0. The summed E-state index contributed by atoms with van der Waals surface area (Å²) in [6.45, 7) is 6.29. The normalized spacial score (nSPS) is 12.9. The number of carbonyl (C=O) groups is 3. The number of allylic oxidation sites excluding steroid dienone is 16. The lowest BCUT2D eigenvalue weighted by Gasteiger charge is -2.18. The van der Waals surface area contributed by atoms with Crippen LogP contribution in [0.2, 0.25) is 0 Å². The summed E-state index contributed by atoms with van der Waals surface area (Å²) in [4.78, 5) is 37.9. The molecule has 0 bridgehead atoms. The van der Waals surface area contributed by atoms with Crippen LogP contribution in [0.15, 0.2) is 97.2 Å². The Kier molecular flexibility index (Phi) is 46.0. The van der Waals surface area contributed by atoms with Crippen LogP contribution in [0.5, 0.6) is 0 Å². The Morgan fingerprint density at radius 1 is 0.344 bits per heavy atom. The number of ether oxygens (including phenoxy) is 3. The number of carbonyl (C=O) groups excluding carboxylic acids is 3. The highest BCUT2D eigenvalue weighted by Gasteiger charge is 2.19. The van der Waals surface area contributed by atoms with Crippen LogP contribution in [0.1, 0.15) is 213 Å². The van der Waals surface area contributed by atoms with E-state index in [1.165, 1.54) is 64.2 Å². The maximum Gasteiger partial charge on any atom is 0.306 e. The zero-order valence-corrected chi connectivity index (χ0v) is 39.4. The maximum absolute atomic E-state index is 12.8. The van der Waals surface area contributed by atoms with E-state index in [9.17, 15) is 14.4 Å². The van der Waals surface area contributed by atoms with Gasteiger partial charge in [0.2, 0.25) is 0 Å². The minimum Gasteiger partial charge on any atom is -0.462 e. The average Bonchev–Trinajstić information content (AvgIpc) is 3.26. The number of rotatable bonds is 43. The van der Waals surface area contributed by atoms with Crippen LogP contribution in [0.25, 0.3) is 0 Å². The van der Waals surface area contributed by atoms with Gasteiger partial charge in [-0.15, -0.1) is 0 Å². The maximum atomic E-state index is 12.8. The van der Waals surface area contributed by atoms with Crippen LogP contribution < -0.4 is 0 Å². The second-order valence-electron chi connectivity index (χ2n) is 16.1. The van der Waals surface area contributed by atoms with E-state index in [0.717, 1.165) is 109 Å². The van der Waals surface area contributed by atoms with Gasteiger partial charge in [-0.25, -0.2) is 0 Å². The molecule has 0 amide bonds. The first-order valence-electron chi connectivity index (χ1n) is 24.8. The lowest BCUT2D eigenvalue weighted by Crippen LogP contribution is -2.30. The fraction of sp³-hybridized carbons (Fsp3) is 0.655. The number of unbranched alkanes of at least 4 members (excludes halogenated alkanes) is 21. The van der Waals surface area contributed by atoms with Crippen LogP contribution >= 0.6 is 0 Å². The third-order valence-corrected chi connectivity index (χ3v) is 10.2. The quantitative estimate of drug-likeness (QED) is 0.0263. The van der Waals surface area contributed by atoms with E-state index in [-0.39, 0.29) is 31.1 Å². The minimum atomic E-state index is -0.797. The van der Waals surface area contributed by atoms with E-state index in [4.69, 9.17) is 14.2 Å². The van der Waals surface area contributed by atoms with Crippen LogP contribution in [0, 0.1) is 0 Å². The smallest absolute Gasteiger partial charge is 0.306 e. The monoisotopic (exact) mass is 847 g/mol. The van der Waals surface area contributed by atoms with E-state index in [1.54, 1.807) is 0 Å². The molecule has 6 heteroatoms. The van der Waals surface area contributed by atoms with Crippen molar-refractivity contribution in [3.63, 3.8) is 0 Å². The Morgan fingerprint density at radius 3 is 1.00 bits per heavy atom. The first-order valence-corrected chi connectivity index (χ1v) is 24.8. The highest BCUT2D eigenvalue weighted by atomic mass is 16.6. The SMILES string of the molecule is CC/C=C/C=C/C=C/CCCCCCCCCC(=O)OCC(COC(=O)CCCCCCC/C=C/C=C/C=C/CC)OC(=O)CCCCCCCC/C=C/C=C/CCCCC. The Hall–Kier alpha value is -3.67. The zero-order chi connectivity index (χ0) is 44.4. The van der Waals surface area contributed by atoms with Gasteiger partial charge in [-0.1, -0.05) is 208 Å². The molecule has 1 unspecified atom stereocenters. The molecule has 0 aliphatic heterocycles. The molecule has 0 aromatic rings. The first-order chi connectivity index (χ1) is 30.0. The predicted molar refractivity (Wildman–Crippen MR) is 260 cm³/mol. The number of hydrogen-bond donors (Lipinski definition) is 0. The molecule has 0 aromatic carbocycles. The molecule has 0 fully saturated rings. The Labute approximate surface area is 375 Å². The topological polar surface area (TPSA) is 78.9 Å². The minimum absolute atomic E-state index is 0.0969. The summed E-state index contributed by atoms with van der Waals surface area (Å²) in [5.74, 6) is -0.946. The van der Waals surface area contributed by atoms with Gasteiger partial charge in [0, 0.05) is 19.3 Å². The molecular weight excluding hydrogens is 757 g/mol. The third-order valence-electron chi connectivity index (χ3n) is 10.2. The van der Waals surface area contributed by atoms with Crippen molar-refractivity contribution in [2.45, 2.75) is 219 Å². The summed E-state index contributed by atoms with van der Waals surface area (Å²) < 4.78 is 16.7. The van der Waals surface area contributed by atoms with Crippen molar-refractivity contribution in [2.75, 3.05) is 13.2 Å². The number of hydrogen-bond acceptors (Lipinski definition) is 6. The standard InChI is InChI=1S/C55H90O6/c1-4-7-10-13-16-19-22-25-27-30-33-36-39-42-45-48-54(57)60-51-52(50-59-53(56)47-44-41-38-35-32-29-24-21-18-15-12-9-6-3)61-55(58)49-46-43-40-37-34-31-28-26-23-20-17-14-11-8-5-2/h7,9-10,12-13,15-24,26,52H,4-6,8,11,14,25,27-51H2,1-3H3/b10-7+,12-9+,16-13+,18-15+,20-17+,22-19+,24-21+,26-23+. The van der Waals surface area contributed by atoms with Crippen molar-refractivity contribution in [1.82, 2.24) is 0 Å². The fourth-order valence-corrected chi connectivity index (χ4v) is 6.49. The summed E-state index contributed by atoms with van der Waals surface area (Å²) in [6.07, 6.45) is 63.8. The third kappa shape index (κ3) is 47.2. The van der Waals surface area contributed by atoms with Gasteiger partial charge >= 0.3 is 17.9 Å². The van der Waals surface area contributed by atoms with Crippen molar-refractivity contribution in [2.24, 2.45) is 0 Å². The highest BCUT2D eigenvalue weighted by molar-refractivity contribution is 5.71. The Balaban J connectivity index is 4.47. The molecule has 0 rings (SSSR count). The molecule has 0 aliphatic rings. The van der Waals surface area contributed by atoms with Gasteiger partial charge < -0.3 is 14.2 Å². The van der Waals surface area contributed by atoms with Crippen molar-refractivity contribution >= 4 is 17.9 Å². The average molecular weight is 847 g/mol. The Morgan fingerprint density at radius 2 is 0.639 bits per heavy atom. The van der Waals surface area contributed by atoms with Crippen LogP contribution in [0.4, 0.5) is 0 Å². The highest BCUT2D eigenvalue weighted by Crippen LogP contribution is 2.14. The largest absolute Gasteiger partial charge is 0.462 e. The molecule has 0 N–H and O–H groups in total. The van der Waals surface area contributed by atoms with Crippen molar-refractivity contribution in [1.29, 1.82) is 0 Å². The summed E-state index contributed by atoms with van der Waals surface area (Å²) in [6, 6.07) is 0. The molecule has 1 atom stereocenters. The summed E-state index contributed by atoms with van der Waals surface area (Å²) >= 11 is 0. The predicted octanol–water partition coefficient (Wildman–Crippen LogP) is 16.2.